The molecule has 0 aliphatic heterocycles. The van der Waals surface area contributed by atoms with Gasteiger partial charge in [-0.1, -0.05) is 64.5 Å². The summed E-state index contributed by atoms with van der Waals surface area (Å²) in [7, 11) is 0. The highest BCUT2D eigenvalue weighted by molar-refractivity contribution is 6.69. The molecule has 14 nitrogen and oxygen atoms in total. The first-order valence-electron chi connectivity index (χ1n) is 10.9. The number of benzene rings is 3. The number of carboxylic acid groups (broad SMARTS) is 2. The Labute approximate surface area is 314 Å². The Morgan fingerprint density at radius 2 is 1.27 bits per heavy atom. The number of ether oxygens (including phenoxy) is 1. The van der Waals surface area contributed by atoms with E-state index < -0.39 is 48.9 Å². The second-order valence-corrected chi connectivity index (χ2v) is 11.3. The van der Waals surface area contributed by atoms with E-state index in [4.69, 9.17) is 85.6 Å². The van der Waals surface area contributed by atoms with Gasteiger partial charge in [-0.05, 0) is 83.3 Å². The van der Waals surface area contributed by atoms with Crippen molar-refractivity contribution in [1.29, 1.82) is 0 Å². The molecule has 21 heteroatoms. The summed E-state index contributed by atoms with van der Waals surface area (Å²) in [4.78, 5) is 64.5. The molecule has 1 heterocycles. The minimum atomic E-state index is -2.04. The highest BCUT2D eigenvalue weighted by Gasteiger charge is 2.23. The number of fused-ring (bicyclic) bond motifs is 1. The van der Waals surface area contributed by atoms with Gasteiger partial charge in [0.25, 0.3) is 5.69 Å². The number of aromatic amines is 1. The average molecular weight is 833 g/mol. The molecule has 0 spiro atoms. The number of nitrogens with zero attached hydrogens (tertiary/aromatic N) is 1. The fraction of sp³-hybridized carbons (Fsp3) is 0.179. The maximum atomic E-state index is 11.1. The summed E-state index contributed by atoms with van der Waals surface area (Å²) in [5.74, 6) is -3.20. The van der Waals surface area contributed by atoms with E-state index in [1.807, 2.05) is 0 Å². The number of hydrogen-bond acceptors (Lipinski definition) is 10. The van der Waals surface area contributed by atoms with E-state index in [1.165, 1.54) is 24.3 Å². The van der Waals surface area contributed by atoms with Gasteiger partial charge in [0.2, 0.25) is 0 Å². The third kappa shape index (κ3) is 19.1. The van der Waals surface area contributed by atoms with Crippen molar-refractivity contribution in [2.45, 2.75) is 33.7 Å². The van der Waals surface area contributed by atoms with Crippen molar-refractivity contribution in [3.05, 3.63) is 112 Å². The summed E-state index contributed by atoms with van der Waals surface area (Å²) in [6.07, 6.45) is 0. The van der Waals surface area contributed by atoms with Crippen LogP contribution in [0.15, 0.2) is 68.6 Å². The third-order valence-corrected chi connectivity index (χ3v) is 5.46. The van der Waals surface area contributed by atoms with Crippen molar-refractivity contribution >= 4 is 121 Å². The molecule has 4 aromatic rings. The number of carbonyl (C=O) groups is 3. The zero-order chi connectivity index (χ0) is 34.6. The highest BCUT2D eigenvalue weighted by atomic mass is 35.6. The number of nitro groups is 1. The molecule has 49 heavy (non-hydrogen) atoms. The lowest BCUT2D eigenvalue weighted by Crippen LogP contribution is -2.14. The van der Waals surface area contributed by atoms with Crippen molar-refractivity contribution in [3.8, 4) is 0 Å². The SMILES string of the molecule is C.C.C.C.Nc1ccc(Cl)cc1C(=O)O.O=C(Cl)OC(Cl)(Cl)Cl.O=C(O)c1cc(Cl)ccc1[N+](=O)[O-].O=c1[nH]c2ccc(Cl)cc2c(=O)o1. The van der Waals surface area contributed by atoms with Crippen LogP contribution in [-0.4, -0.2) is 41.5 Å². The van der Waals surface area contributed by atoms with Crippen LogP contribution in [0.3, 0.4) is 0 Å². The van der Waals surface area contributed by atoms with Gasteiger partial charge in [-0.2, -0.15) is 0 Å². The van der Waals surface area contributed by atoms with Crippen LogP contribution in [0.5, 0.6) is 0 Å². The van der Waals surface area contributed by atoms with E-state index in [9.17, 15) is 34.1 Å². The summed E-state index contributed by atoms with van der Waals surface area (Å²) in [5, 5.41) is 28.7. The van der Waals surface area contributed by atoms with Gasteiger partial charge in [0, 0.05) is 38.4 Å². The lowest BCUT2D eigenvalue weighted by Gasteiger charge is -2.06. The van der Waals surface area contributed by atoms with Gasteiger partial charge in [0.05, 0.1) is 21.4 Å². The number of nitrogen functional groups attached to an aromatic ring is 1. The predicted molar refractivity (Wildman–Crippen MR) is 196 cm³/mol. The summed E-state index contributed by atoms with van der Waals surface area (Å²) in [6, 6.07) is 12.3. The van der Waals surface area contributed by atoms with Crippen LogP contribution in [0.2, 0.25) is 15.1 Å². The molecule has 0 saturated carbocycles. The number of hydrogen-bond donors (Lipinski definition) is 4. The van der Waals surface area contributed by atoms with Gasteiger partial charge in [0.15, 0.2) is 0 Å². The lowest BCUT2D eigenvalue weighted by molar-refractivity contribution is -0.385. The number of nitrogens with two attached hydrogens (primary N) is 1. The van der Waals surface area contributed by atoms with E-state index in [0.29, 0.717) is 15.6 Å². The Hall–Kier alpha value is -3.76. The maximum absolute atomic E-state index is 11.1. The second-order valence-electron chi connectivity index (χ2n) is 7.54. The molecule has 4 rings (SSSR count). The van der Waals surface area contributed by atoms with Gasteiger partial charge in [-0.15, -0.1) is 0 Å². The van der Waals surface area contributed by atoms with Crippen LogP contribution in [-0.2, 0) is 4.74 Å². The Morgan fingerprint density at radius 3 is 1.67 bits per heavy atom. The number of aromatic nitrogens is 1. The smallest absolute Gasteiger partial charge is 0.419 e. The number of alkyl halides is 3. The first-order valence-corrected chi connectivity index (χ1v) is 13.6. The van der Waals surface area contributed by atoms with Crippen molar-refractivity contribution in [3.63, 3.8) is 0 Å². The fourth-order valence-corrected chi connectivity index (χ4v) is 3.67. The Kier molecular flexibility index (Phi) is 25.0. The van der Waals surface area contributed by atoms with Crippen LogP contribution in [0, 0.1) is 10.1 Å². The van der Waals surface area contributed by atoms with E-state index in [1.54, 1.807) is 18.2 Å². The van der Waals surface area contributed by atoms with Gasteiger partial charge >= 0.3 is 32.7 Å². The molecule has 3 aromatic carbocycles. The molecule has 0 unspecified atom stereocenters. The predicted octanol–water partition coefficient (Wildman–Crippen LogP) is 9.94. The van der Waals surface area contributed by atoms with Crippen LogP contribution >= 0.6 is 81.2 Å². The van der Waals surface area contributed by atoms with Crippen molar-refractivity contribution in [2.75, 3.05) is 5.73 Å². The largest absolute Gasteiger partial charge is 0.478 e. The minimum absolute atomic E-state index is 0. The topological polar surface area (TPSA) is 233 Å². The molecule has 0 fully saturated rings. The fourth-order valence-electron chi connectivity index (χ4n) is 2.71. The van der Waals surface area contributed by atoms with E-state index in [-0.39, 0.29) is 51.4 Å². The first-order chi connectivity index (χ1) is 20.7. The Balaban J connectivity index is -0.000000272. The standard InChI is InChI=1S/C8H4ClNO3.C7H4ClNO4.C7H6ClNO2.C2Cl4O2.4CH4/c9-4-1-2-6-5(3-4)7(11)13-8(12)10-6;8-4-1-2-6(9(12)13)5(3-4)7(10)11;8-4-1-2-6(9)5(3-4)7(10)11;3-1(7)8-2(4,5)6;;;;/h1-3H,(H,10,12);1-3H,(H,10,11);1-3H,9H2,(H,10,11);;4*1H4. The summed E-state index contributed by atoms with van der Waals surface area (Å²) < 4.78 is 6.14. The molecule has 0 aliphatic rings. The molecule has 272 valence electrons. The monoisotopic (exact) mass is 829 g/mol. The maximum Gasteiger partial charge on any atom is 0.419 e. The number of carbonyl (C=O) groups excluding carboxylic acids is 1. The Bertz CT molecular complexity index is 1840. The summed E-state index contributed by atoms with van der Waals surface area (Å²) >= 11 is 36.1. The second kappa shape index (κ2) is 23.6. The molecule has 0 radical (unpaired) electrons. The molecule has 0 atom stereocenters. The van der Waals surface area contributed by atoms with Crippen LogP contribution in [0.4, 0.5) is 16.2 Å². The Morgan fingerprint density at radius 1 is 0.816 bits per heavy atom. The van der Waals surface area contributed by atoms with E-state index >= 15 is 0 Å². The average Bonchev–Trinajstić information content (AvgIpc) is 2.90. The molecule has 5 N–H and O–H groups in total. The van der Waals surface area contributed by atoms with Gasteiger partial charge in [0.1, 0.15) is 5.56 Å². The number of H-pyrrole nitrogens is 1. The number of aromatic carboxylic acids is 2. The summed E-state index contributed by atoms with van der Waals surface area (Å²) in [5.41, 5.74) is 3.34. The normalized spacial score (nSPS) is 9.29. The quantitative estimate of drug-likeness (QED) is 0.0496. The minimum Gasteiger partial charge on any atom is -0.478 e. The molecule has 0 bridgehead atoms. The molecule has 1 aromatic heterocycles. The van der Waals surface area contributed by atoms with Crippen molar-refractivity contribution < 1.29 is 38.7 Å². The zero-order valence-corrected chi connectivity index (χ0v) is 26.7. The first kappa shape index (κ1) is 52.1. The number of nitro benzene ring substituents is 1. The van der Waals surface area contributed by atoms with E-state index in [2.05, 4.69) is 25.7 Å². The number of anilines is 1. The molecule has 0 aliphatic carbocycles. The molecular formula is C28H30Cl7N3O11. The van der Waals surface area contributed by atoms with Gasteiger partial charge < -0.3 is 25.1 Å². The number of carboxylic acids is 2. The van der Waals surface area contributed by atoms with Crippen molar-refractivity contribution in [2.24, 2.45) is 0 Å². The van der Waals surface area contributed by atoms with Crippen LogP contribution in [0.25, 0.3) is 10.9 Å². The molecular weight excluding hydrogens is 802 g/mol. The highest BCUT2D eigenvalue weighted by Crippen LogP contribution is 2.28. The molecule has 0 amide bonds. The van der Waals surface area contributed by atoms with Crippen molar-refractivity contribution in [1.82, 2.24) is 4.98 Å². The van der Waals surface area contributed by atoms with Gasteiger partial charge in [-0.3, -0.25) is 15.1 Å². The molecule has 0 saturated heterocycles. The number of rotatable bonds is 3. The zero-order valence-electron chi connectivity index (χ0n) is 21.4. The lowest BCUT2D eigenvalue weighted by atomic mass is 10.2. The number of nitrogens with one attached hydrogen (secondary N) is 1. The van der Waals surface area contributed by atoms with E-state index in [0.717, 1.165) is 12.1 Å². The van der Waals surface area contributed by atoms with Crippen LogP contribution in [0.1, 0.15) is 50.4 Å². The van der Waals surface area contributed by atoms with Crippen LogP contribution < -0.4 is 17.1 Å². The summed E-state index contributed by atoms with van der Waals surface area (Å²) in [6.45, 7) is 0. The third-order valence-electron chi connectivity index (χ3n) is 4.45. The number of halogens is 7. The van der Waals surface area contributed by atoms with Gasteiger partial charge in [-0.25, -0.2) is 24.0 Å².